The highest BCUT2D eigenvalue weighted by Gasteiger charge is 2.46. The summed E-state index contributed by atoms with van der Waals surface area (Å²) in [6.45, 7) is 1.80. The molecule has 0 radical (unpaired) electrons. The molecule has 2 unspecified atom stereocenters. The standard InChI is InChI=1S/C52H85N3O17P2/c1-3-5-7-8-9-10-11-12-13-14-15-16-17-18-22-25-29-35-48(59)70-44(39-67-47(58)36-30-34-43(57)33-28-24-21-19-20-23-27-32-42(56)31-26-6-4-2)40-68-73(63,64)72-74(65,66)69-41-45-49(60)50(61)51(71-45)55-38-37-46(53)54-52(55)62/h9-10,12-13,20-21,23-24,27-28,32-33,37-38,42-45,49-51,56-57,60-61H,3-8,11,14-19,22,25-26,29-31,34-36,39-41H2,1-2H3,(H,63,64)(H,65,66)(H2,53,54,62)/b10-9-,13-12-,23-20-,24-21-,32-27+,33-28+/t42-,43-,44+,45+,49+,50+,51+/m0/s1. The molecule has 1 aromatic heterocycles. The molecule has 1 saturated heterocycles. The number of carbonyl (C=O) groups excluding carboxylic acids is 2. The SMILES string of the molecule is CCCCC/C=C\C/C=C\CCCCCCCCCC(=O)O[C@H](COC(=O)CCC[C@@H](O)/C=C/C=C\C/C=C\C=C\[C@@H](O)CCCCC)COP(=O)(O)OP(=O)(O)OC[C@H]1O[C@@H](n2ccc(N)nc2=O)[C@H](O)[C@@H]1O. The molecule has 2 heterocycles. The van der Waals surface area contributed by atoms with E-state index in [1.807, 2.05) is 24.3 Å². The molecule has 2 rings (SSSR count). The molecule has 0 saturated carbocycles. The Morgan fingerprint density at radius 3 is 1.91 bits per heavy atom. The van der Waals surface area contributed by atoms with Crippen LogP contribution in [0.3, 0.4) is 0 Å². The lowest BCUT2D eigenvalue weighted by Gasteiger charge is -2.21. The predicted molar refractivity (Wildman–Crippen MR) is 282 cm³/mol. The first kappa shape index (κ1) is 66.2. The number of carbonyl (C=O) groups is 2. The molecule has 0 bridgehead atoms. The van der Waals surface area contributed by atoms with Crippen LogP contribution in [-0.2, 0) is 46.3 Å². The molecule has 1 fully saturated rings. The average molecular weight is 1090 g/mol. The summed E-state index contributed by atoms with van der Waals surface area (Å²) in [5.41, 5.74) is 4.57. The van der Waals surface area contributed by atoms with Crippen molar-refractivity contribution in [2.45, 2.75) is 198 Å². The summed E-state index contributed by atoms with van der Waals surface area (Å²) in [5, 5.41) is 41.2. The van der Waals surface area contributed by atoms with Gasteiger partial charge in [-0.3, -0.25) is 23.2 Å². The number of phosphoric acid groups is 2. The first-order chi connectivity index (χ1) is 35.5. The molecule has 1 aromatic rings. The Morgan fingerprint density at radius 1 is 0.716 bits per heavy atom. The Bertz CT molecular complexity index is 2060. The van der Waals surface area contributed by atoms with Crippen LogP contribution in [0.1, 0.15) is 161 Å². The Balaban J connectivity index is 1.86. The summed E-state index contributed by atoms with van der Waals surface area (Å²) in [4.78, 5) is 62.0. The van der Waals surface area contributed by atoms with Crippen molar-refractivity contribution in [2.75, 3.05) is 25.6 Å². The first-order valence-corrected chi connectivity index (χ1v) is 29.2. The maximum atomic E-state index is 12.9. The molecule has 0 aromatic carbocycles. The highest BCUT2D eigenvalue weighted by atomic mass is 31.3. The van der Waals surface area contributed by atoms with Gasteiger partial charge in [-0.2, -0.15) is 9.29 Å². The number of aliphatic hydroxyl groups is 4. The number of aromatic nitrogens is 2. The van der Waals surface area contributed by atoms with Gasteiger partial charge in [-0.15, -0.1) is 0 Å². The summed E-state index contributed by atoms with van der Waals surface area (Å²) in [5.74, 6) is -1.55. The van der Waals surface area contributed by atoms with Gasteiger partial charge in [-0.25, -0.2) is 13.9 Å². The number of anilines is 1. The van der Waals surface area contributed by atoms with Crippen molar-refractivity contribution in [1.29, 1.82) is 0 Å². The van der Waals surface area contributed by atoms with E-state index in [9.17, 15) is 53.7 Å². The molecule has 0 aliphatic carbocycles. The Kier molecular flexibility index (Phi) is 35.3. The van der Waals surface area contributed by atoms with Crippen molar-refractivity contribution in [2.24, 2.45) is 0 Å². The van der Waals surface area contributed by atoms with Crippen molar-refractivity contribution in [3.05, 3.63) is 95.7 Å². The van der Waals surface area contributed by atoms with Crippen LogP contribution >= 0.6 is 15.6 Å². The van der Waals surface area contributed by atoms with Crippen LogP contribution in [0.4, 0.5) is 5.82 Å². The van der Waals surface area contributed by atoms with Crippen molar-refractivity contribution < 1.29 is 76.5 Å². The number of allylic oxidation sites excluding steroid dienone is 10. The Labute approximate surface area is 437 Å². The van der Waals surface area contributed by atoms with Crippen LogP contribution in [-0.4, -0.2) is 108 Å². The third kappa shape index (κ3) is 31.9. The van der Waals surface area contributed by atoms with Crippen LogP contribution in [0.2, 0.25) is 0 Å². The van der Waals surface area contributed by atoms with Gasteiger partial charge in [0, 0.05) is 19.0 Å². The minimum Gasteiger partial charge on any atom is -0.462 e. The van der Waals surface area contributed by atoms with Gasteiger partial charge in [0.05, 0.1) is 25.4 Å². The zero-order chi connectivity index (χ0) is 54.5. The second-order valence-electron chi connectivity index (χ2n) is 18.1. The first-order valence-electron chi connectivity index (χ1n) is 26.2. The number of hydrogen-bond acceptors (Lipinski definition) is 17. The fourth-order valence-electron chi connectivity index (χ4n) is 7.32. The van der Waals surface area contributed by atoms with E-state index in [0.717, 1.165) is 94.2 Å². The second-order valence-corrected chi connectivity index (χ2v) is 21.1. The molecule has 0 amide bonds. The van der Waals surface area contributed by atoms with Crippen molar-refractivity contribution in [1.82, 2.24) is 9.55 Å². The van der Waals surface area contributed by atoms with Crippen molar-refractivity contribution in [3.63, 3.8) is 0 Å². The van der Waals surface area contributed by atoms with E-state index < -0.39 is 95.9 Å². The lowest BCUT2D eigenvalue weighted by Crippen LogP contribution is -2.36. The van der Waals surface area contributed by atoms with E-state index in [4.69, 9.17) is 29.0 Å². The third-order valence-corrected chi connectivity index (χ3v) is 14.1. The lowest BCUT2D eigenvalue weighted by atomic mass is 10.1. The fraction of sp³-hybridized carbons (Fsp3) is 0.654. The van der Waals surface area contributed by atoms with Crippen LogP contribution in [0.5, 0.6) is 0 Å². The van der Waals surface area contributed by atoms with E-state index in [2.05, 4.69) is 47.4 Å². The van der Waals surface area contributed by atoms with Gasteiger partial charge in [0.2, 0.25) is 0 Å². The number of phosphoric ester groups is 2. The zero-order valence-corrected chi connectivity index (χ0v) is 45.1. The fourth-order valence-corrected chi connectivity index (χ4v) is 9.43. The van der Waals surface area contributed by atoms with Crippen LogP contribution < -0.4 is 11.4 Å². The number of ether oxygens (including phenoxy) is 3. The second kappa shape index (κ2) is 39.5. The molecule has 22 heteroatoms. The van der Waals surface area contributed by atoms with Crippen LogP contribution in [0.15, 0.2) is 90.0 Å². The molecule has 1 aliphatic rings. The molecule has 74 heavy (non-hydrogen) atoms. The quantitative estimate of drug-likeness (QED) is 0.0106. The average Bonchev–Trinajstić information content (AvgIpc) is 3.63. The molecule has 420 valence electrons. The van der Waals surface area contributed by atoms with E-state index in [1.165, 1.54) is 25.3 Å². The molecule has 9 atom stereocenters. The molecular formula is C52H85N3O17P2. The summed E-state index contributed by atoms with van der Waals surface area (Å²) in [7, 11) is -11.0. The van der Waals surface area contributed by atoms with Gasteiger partial charge in [0.25, 0.3) is 0 Å². The van der Waals surface area contributed by atoms with Gasteiger partial charge >= 0.3 is 33.3 Å². The van der Waals surface area contributed by atoms with Gasteiger partial charge in [-0.1, -0.05) is 151 Å². The Hall–Kier alpha value is -3.88. The van der Waals surface area contributed by atoms with E-state index in [0.29, 0.717) is 12.8 Å². The number of rotatable bonds is 42. The molecule has 0 spiro atoms. The summed E-state index contributed by atoms with van der Waals surface area (Å²) < 4.78 is 56.6. The third-order valence-electron chi connectivity index (χ3n) is 11.5. The minimum absolute atomic E-state index is 0.0116. The highest BCUT2D eigenvalue weighted by molar-refractivity contribution is 7.61. The van der Waals surface area contributed by atoms with Gasteiger partial charge < -0.3 is 50.2 Å². The summed E-state index contributed by atoms with van der Waals surface area (Å²) >= 11 is 0. The summed E-state index contributed by atoms with van der Waals surface area (Å²) in [6.07, 6.45) is 33.2. The highest BCUT2D eigenvalue weighted by Crippen LogP contribution is 2.60. The normalized spacial score (nSPS) is 20.3. The van der Waals surface area contributed by atoms with Gasteiger partial charge in [0.1, 0.15) is 30.7 Å². The molecule has 20 nitrogen and oxygen atoms in total. The van der Waals surface area contributed by atoms with E-state index >= 15 is 0 Å². The number of esters is 2. The number of nitrogen functional groups attached to an aromatic ring is 1. The van der Waals surface area contributed by atoms with Crippen LogP contribution in [0.25, 0.3) is 0 Å². The predicted octanol–water partition coefficient (Wildman–Crippen LogP) is 8.83. The maximum absolute atomic E-state index is 12.9. The maximum Gasteiger partial charge on any atom is 0.481 e. The van der Waals surface area contributed by atoms with E-state index in [-0.39, 0.29) is 31.5 Å². The van der Waals surface area contributed by atoms with Crippen molar-refractivity contribution in [3.8, 4) is 0 Å². The zero-order valence-electron chi connectivity index (χ0n) is 43.3. The van der Waals surface area contributed by atoms with Gasteiger partial charge in [0.15, 0.2) is 12.3 Å². The van der Waals surface area contributed by atoms with Crippen LogP contribution in [0, 0.1) is 0 Å². The van der Waals surface area contributed by atoms with Crippen molar-refractivity contribution >= 4 is 33.4 Å². The topological polar surface area (TPSA) is 306 Å². The lowest BCUT2D eigenvalue weighted by molar-refractivity contribution is -0.161. The monoisotopic (exact) mass is 1090 g/mol. The number of unbranched alkanes of at least 4 members (excludes halogenated alkanes) is 12. The largest absolute Gasteiger partial charge is 0.481 e. The molecular weight excluding hydrogens is 1000 g/mol. The molecule has 1 aliphatic heterocycles. The minimum atomic E-state index is -5.48. The smallest absolute Gasteiger partial charge is 0.462 e. The number of nitrogens with two attached hydrogens (primary N) is 1. The number of nitrogens with zero attached hydrogens (tertiary/aromatic N) is 2. The van der Waals surface area contributed by atoms with Gasteiger partial charge in [-0.05, 0) is 70.3 Å². The van der Waals surface area contributed by atoms with E-state index in [1.54, 1.807) is 24.3 Å². The Morgan fingerprint density at radius 2 is 1.27 bits per heavy atom. The number of hydrogen-bond donors (Lipinski definition) is 7. The number of aliphatic hydroxyl groups excluding tert-OH is 4. The molecule has 8 N–H and O–H groups in total. The summed E-state index contributed by atoms with van der Waals surface area (Å²) in [6, 6.07) is 1.23.